The lowest BCUT2D eigenvalue weighted by Crippen LogP contribution is -2.06. The topological polar surface area (TPSA) is 27.1 Å². The van der Waals surface area contributed by atoms with Crippen LogP contribution in [0.15, 0.2) is 170 Å². The summed E-state index contributed by atoms with van der Waals surface area (Å²) in [5.74, 6) is 2.54. The maximum atomic E-state index is 6.59. The molecule has 0 saturated heterocycles. The Labute approximate surface area is 278 Å². The first-order chi connectivity index (χ1) is 23.8. The maximum absolute atomic E-state index is 6.59. The Morgan fingerprint density at radius 3 is 1.62 bits per heavy atom. The van der Waals surface area contributed by atoms with Crippen LogP contribution in [0.5, 0.6) is 11.5 Å². The molecule has 0 unspecified atom stereocenters. The quantitative estimate of drug-likeness (QED) is 0.185. The van der Waals surface area contributed by atoms with Gasteiger partial charge in [0.05, 0.1) is 11.2 Å². The van der Waals surface area contributed by atoms with Crippen molar-refractivity contribution in [2.45, 2.75) is 0 Å². The highest BCUT2D eigenvalue weighted by atomic mass is 16.5. The molecule has 2 heterocycles. The van der Waals surface area contributed by atoms with E-state index in [1.165, 1.54) is 43.8 Å². The lowest BCUT2D eigenvalue weighted by molar-refractivity contribution is 0.476. The standard InChI is InChI=1S/C45H28N2O/c1-3-13-29(14-4-1)42-34-19-7-9-21-36(34)43(37-22-10-8-20-35(37)42)33-18-11-17-31(27-33)32-25-26-39-41(28-32)48-40-24-12-23-38-44(40)47(39)45(46-38)30-15-5-2-6-16-30/h1-28H. The highest BCUT2D eigenvalue weighted by molar-refractivity contribution is 6.21. The zero-order valence-electron chi connectivity index (χ0n) is 26.0. The summed E-state index contributed by atoms with van der Waals surface area (Å²) in [6, 6.07) is 60.3. The van der Waals surface area contributed by atoms with Crippen LogP contribution in [0.25, 0.3) is 83.0 Å². The third kappa shape index (κ3) is 4.04. The average molecular weight is 613 g/mol. The van der Waals surface area contributed by atoms with Gasteiger partial charge in [0.1, 0.15) is 11.3 Å². The van der Waals surface area contributed by atoms with Crippen molar-refractivity contribution >= 4 is 32.6 Å². The highest BCUT2D eigenvalue weighted by Crippen LogP contribution is 2.46. The number of fused-ring (bicyclic) bond motifs is 4. The molecule has 0 bridgehead atoms. The maximum Gasteiger partial charge on any atom is 0.153 e. The number of para-hydroxylation sites is 1. The molecule has 1 aliphatic heterocycles. The van der Waals surface area contributed by atoms with E-state index in [0.717, 1.165) is 50.7 Å². The molecule has 0 fully saturated rings. The van der Waals surface area contributed by atoms with E-state index in [1.807, 2.05) is 18.2 Å². The Bertz CT molecular complexity index is 2630. The number of imidazole rings is 1. The van der Waals surface area contributed by atoms with Crippen LogP contribution in [-0.2, 0) is 0 Å². The van der Waals surface area contributed by atoms with Crippen LogP contribution < -0.4 is 4.74 Å². The minimum atomic E-state index is 0.816. The molecule has 0 atom stereocenters. The number of benzene rings is 8. The van der Waals surface area contributed by atoms with Crippen LogP contribution in [0.3, 0.4) is 0 Å². The SMILES string of the molecule is c1ccc(-c2c3ccccc3c(-c3cccc(-c4ccc5c(c4)Oc4cccc6nc(-c7ccccc7)n-5c46)c3)c3ccccc23)cc1. The van der Waals surface area contributed by atoms with Gasteiger partial charge in [-0.3, -0.25) is 4.57 Å². The van der Waals surface area contributed by atoms with E-state index >= 15 is 0 Å². The summed E-state index contributed by atoms with van der Waals surface area (Å²) in [5, 5.41) is 5.00. The number of hydrogen-bond donors (Lipinski definition) is 0. The molecule has 0 spiro atoms. The highest BCUT2D eigenvalue weighted by Gasteiger charge is 2.25. The molecule has 9 aromatic rings. The lowest BCUT2D eigenvalue weighted by Gasteiger charge is -2.22. The molecule has 3 nitrogen and oxygen atoms in total. The van der Waals surface area contributed by atoms with Crippen molar-refractivity contribution < 1.29 is 4.74 Å². The summed E-state index contributed by atoms with van der Waals surface area (Å²) < 4.78 is 8.83. The first-order valence-electron chi connectivity index (χ1n) is 16.3. The first-order valence-corrected chi connectivity index (χ1v) is 16.3. The minimum Gasteiger partial charge on any atom is -0.453 e. The number of ether oxygens (including phenoxy) is 1. The largest absolute Gasteiger partial charge is 0.453 e. The van der Waals surface area contributed by atoms with Crippen molar-refractivity contribution in [3.05, 3.63) is 170 Å². The fraction of sp³-hybridized carbons (Fsp3) is 0. The van der Waals surface area contributed by atoms with Crippen molar-refractivity contribution in [1.29, 1.82) is 0 Å². The van der Waals surface area contributed by atoms with Crippen molar-refractivity contribution in [3.8, 4) is 62.0 Å². The third-order valence-corrected chi connectivity index (χ3v) is 9.57. The molecule has 0 amide bonds. The smallest absolute Gasteiger partial charge is 0.153 e. The average Bonchev–Trinajstić information content (AvgIpc) is 3.55. The molecule has 0 aliphatic carbocycles. The summed E-state index contributed by atoms with van der Waals surface area (Å²) in [5.41, 5.74) is 11.2. The Morgan fingerprint density at radius 1 is 0.396 bits per heavy atom. The van der Waals surface area contributed by atoms with Gasteiger partial charge in [0.15, 0.2) is 11.5 Å². The summed E-state index contributed by atoms with van der Waals surface area (Å²) >= 11 is 0. The van der Waals surface area contributed by atoms with E-state index in [1.54, 1.807) is 0 Å². The Hall–Kier alpha value is -6.45. The zero-order chi connectivity index (χ0) is 31.6. The molecule has 0 N–H and O–H groups in total. The van der Waals surface area contributed by atoms with Crippen molar-refractivity contribution in [3.63, 3.8) is 0 Å². The second-order valence-electron chi connectivity index (χ2n) is 12.3. The van der Waals surface area contributed by atoms with Gasteiger partial charge in [-0.15, -0.1) is 0 Å². The number of aromatic nitrogens is 2. The Morgan fingerprint density at radius 2 is 0.938 bits per heavy atom. The van der Waals surface area contributed by atoms with Crippen LogP contribution in [0, 0.1) is 0 Å². The normalized spacial score (nSPS) is 11.9. The van der Waals surface area contributed by atoms with Crippen LogP contribution in [-0.4, -0.2) is 9.55 Å². The van der Waals surface area contributed by atoms with Gasteiger partial charge in [0, 0.05) is 5.56 Å². The summed E-state index contributed by atoms with van der Waals surface area (Å²) in [4.78, 5) is 5.04. The van der Waals surface area contributed by atoms with Gasteiger partial charge in [-0.05, 0) is 85.3 Å². The van der Waals surface area contributed by atoms with Gasteiger partial charge >= 0.3 is 0 Å². The number of hydrogen-bond acceptors (Lipinski definition) is 2. The first kappa shape index (κ1) is 26.7. The Balaban J connectivity index is 1.14. The number of rotatable bonds is 4. The molecule has 0 saturated carbocycles. The fourth-order valence-electron chi connectivity index (χ4n) is 7.48. The summed E-state index contributed by atoms with van der Waals surface area (Å²) in [6.45, 7) is 0. The molecule has 3 heteroatoms. The molecular weight excluding hydrogens is 585 g/mol. The molecule has 10 rings (SSSR count). The minimum absolute atomic E-state index is 0.816. The van der Waals surface area contributed by atoms with Gasteiger partial charge in [-0.2, -0.15) is 0 Å². The fourth-order valence-corrected chi connectivity index (χ4v) is 7.48. The van der Waals surface area contributed by atoms with E-state index in [-0.39, 0.29) is 0 Å². The lowest BCUT2D eigenvalue weighted by atomic mass is 9.85. The Kier molecular flexibility index (Phi) is 5.87. The molecule has 8 aromatic carbocycles. The zero-order valence-corrected chi connectivity index (χ0v) is 26.0. The molecule has 48 heavy (non-hydrogen) atoms. The second kappa shape index (κ2) is 10.5. The molecular formula is C45H28N2O. The van der Waals surface area contributed by atoms with Crippen LogP contribution >= 0.6 is 0 Å². The predicted octanol–water partition coefficient (Wildman–Crippen LogP) is 12.1. The monoisotopic (exact) mass is 612 g/mol. The summed E-state index contributed by atoms with van der Waals surface area (Å²) in [7, 11) is 0. The molecule has 224 valence electrons. The van der Waals surface area contributed by atoms with E-state index in [0.29, 0.717) is 0 Å². The van der Waals surface area contributed by atoms with E-state index in [9.17, 15) is 0 Å². The van der Waals surface area contributed by atoms with Gasteiger partial charge in [-0.25, -0.2) is 4.98 Å². The van der Waals surface area contributed by atoms with Crippen molar-refractivity contribution in [1.82, 2.24) is 9.55 Å². The van der Waals surface area contributed by atoms with Gasteiger partial charge in [0.25, 0.3) is 0 Å². The third-order valence-electron chi connectivity index (χ3n) is 9.57. The van der Waals surface area contributed by atoms with Gasteiger partial charge in [-0.1, -0.05) is 140 Å². The van der Waals surface area contributed by atoms with Crippen LogP contribution in [0.1, 0.15) is 0 Å². The predicted molar refractivity (Wildman–Crippen MR) is 198 cm³/mol. The molecule has 0 radical (unpaired) electrons. The van der Waals surface area contributed by atoms with E-state index in [4.69, 9.17) is 9.72 Å². The van der Waals surface area contributed by atoms with Crippen LogP contribution in [0.2, 0.25) is 0 Å². The van der Waals surface area contributed by atoms with Gasteiger partial charge in [0.2, 0.25) is 0 Å². The van der Waals surface area contributed by atoms with E-state index < -0.39 is 0 Å². The van der Waals surface area contributed by atoms with Crippen molar-refractivity contribution in [2.75, 3.05) is 0 Å². The van der Waals surface area contributed by atoms with Crippen LogP contribution in [0.4, 0.5) is 0 Å². The number of nitrogens with zero attached hydrogens (tertiary/aromatic N) is 2. The molecule has 1 aromatic heterocycles. The van der Waals surface area contributed by atoms with Gasteiger partial charge < -0.3 is 4.74 Å². The van der Waals surface area contributed by atoms with E-state index in [2.05, 4.69) is 156 Å². The second-order valence-corrected chi connectivity index (χ2v) is 12.3. The van der Waals surface area contributed by atoms with Crippen molar-refractivity contribution in [2.24, 2.45) is 0 Å². The summed E-state index contributed by atoms with van der Waals surface area (Å²) in [6.07, 6.45) is 0. The molecule has 1 aliphatic rings.